The average molecular weight is 729 g/mol. The fraction of sp³-hybridized carbons (Fsp3) is 0.676. The summed E-state index contributed by atoms with van der Waals surface area (Å²) in [4.78, 5) is 48.5. The Morgan fingerprint density at radius 2 is 1.78 bits per heavy atom. The van der Waals surface area contributed by atoms with Crippen molar-refractivity contribution in [1.82, 2.24) is 20.1 Å². The van der Waals surface area contributed by atoms with Gasteiger partial charge in [-0.3, -0.25) is 14.5 Å². The minimum absolute atomic E-state index is 0.0739. The first kappa shape index (κ1) is 37.2. The number of primary amides is 1. The number of benzene rings is 1. The van der Waals surface area contributed by atoms with Crippen LogP contribution in [0.25, 0.3) is 10.9 Å². The zero-order chi connectivity index (χ0) is 36.6. The lowest BCUT2D eigenvalue weighted by molar-refractivity contribution is -0.141. The summed E-state index contributed by atoms with van der Waals surface area (Å²) in [7, 11) is 0. The molecule has 51 heavy (non-hydrogen) atoms. The summed E-state index contributed by atoms with van der Waals surface area (Å²) in [5.41, 5.74) is 5.69. The molecule has 3 amide bonds. The van der Waals surface area contributed by atoms with Gasteiger partial charge in [0.15, 0.2) is 0 Å². The van der Waals surface area contributed by atoms with Crippen LogP contribution in [0.3, 0.4) is 0 Å². The molecule has 4 aliphatic rings. The van der Waals surface area contributed by atoms with Gasteiger partial charge >= 0.3 is 6.09 Å². The van der Waals surface area contributed by atoms with Crippen molar-refractivity contribution in [1.29, 1.82) is 0 Å². The van der Waals surface area contributed by atoms with Crippen molar-refractivity contribution < 1.29 is 33.3 Å². The van der Waals surface area contributed by atoms with E-state index in [1.54, 1.807) is 12.1 Å². The summed E-state index contributed by atoms with van der Waals surface area (Å²) in [6.45, 7) is 16.3. The third kappa shape index (κ3) is 8.58. The van der Waals surface area contributed by atoms with Gasteiger partial charge in [0.05, 0.1) is 25.3 Å². The predicted molar refractivity (Wildman–Crippen MR) is 194 cm³/mol. The molecule has 280 valence electrons. The zero-order valence-electron chi connectivity index (χ0n) is 30.6. The van der Waals surface area contributed by atoms with E-state index < -0.39 is 41.5 Å². The van der Waals surface area contributed by atoms with E-state index >= 15 is 0 Å². The summed E-state index contributed by atoms with van der Waals surface area (Å²) >= 11 is 6.91. The van der Waals surface area contributed by atoms with Crippen molar-refractivity contribution in [3.8, 4) is 11.5 Å². The van der Waals surface area contributed by atoms with Gasteiger partial charge < -0.3 is 40.2 Å². The Morgan fingerprint density at radius 1 is 1.08 bits per heavy atom. The molecule has 2 aliphatic carbocycles. The number of pyridine rings is 1. The molecule has 0 radical (unpaired) electrons. The van der Waals surface area contributed by atoms with Crippen molar-refractivity contribution in [2.75, 3.05) is 51.3 Å². The second-order valence-electron chi connectivity index (χ2n) is 15.9. The Kier molecular flexibility index (Phi) is 11.1. The lowest BCUT2D eigenvalue weighted by atomic mass is 9.85. The maximum atomic E-state index is 14.2. The van der Waals surface area contributed by atoms with Crippen LogP contribution in [-0.4, -0.2) is 109 Å². The van der Waals surface area contributed by atoms with Crippen LogP contribution in [0.5, 0.6) is 11.5 Å². The highest BCUT2D eigenvalue weighted by atomic mass is 35.5. The zero-order valence-corrected chi connectivity index (χ0v) is 31.3. The number of amides is 3. The van der Waals surface area contributed by atoms with Crippen LogP contribution in [0.15, 0.2) is 18.2 Å². The van der Waals surface area contributed by atoms with E-state index in [2.05, 4.69) is 22.5 Å². The van der Waals surface area contributed by atoms with E-state index in [0.717, 1.165) is 32.5 Å². The maximum Gasteiger partial charge on any atom is 0.408 e. The van der Waals surface area contributed by atoms with Crippen molar-refractivity contribution in [3.63, 3.8) is 0 Å². The number of likely N-dealkylation sites (tertiary alicyclic amines) is 1. The Bertz CT molecular complexity index is 1600. The monoisotopic (exact) mass is 728 g/mol. The van der Waals surface area contributed by atoms with E-state index in [4.69, 9.17) is 41.3 Å². The molecule has 3 heterocycles. The molecule has 2 aliphatic heterocycles. The third-order valence-electron chi connectivity index (χ3n) is 10.7. The second-order valence-corrected chi connectivity index (χ2v) is 16.3. The van der Waals surface area contributed by atoms with Crippen molar-refractivity contribution >= 4 is 46.2 Å². The number of hydrogen-bond acceptors (Lipinski definition) is 10. The first-order valence-corrected chi connectivity index (χ1v) is 18.6. The number of aromatic nitrogens is 1. The van der Waals surface area contributed by atoms with Gasteiger partial charge in [0, 0.05) is 43.5 Å². The molecular formula is C37H53ClN6O7. The second kappa shape index (κ2) is 15.2. The summed E-state index contributed by atoms with van der Waals surface area (Å²) in [6, 6.07) is 3.65. The lowest BCUT2D eigenvalue weighted by Crippen LogP contribution is -2.57. The van der Waals surface area contributed by atoms with Crippen molar-refractivity contribution in [2.24, 2.45) is 28.9 Å². The summed E-state index contributed by atoms with van der Waals surface area (Å²) < 4.78 is 23.9. The fourth-order valence-electron chi connectivity index (χ4n) is 7.81. The van der Waals surface area contributed by atoms with Gasteiger partial charge in [0.1, 0.15) is 53.2 Å². The Hall–Kier alpha value is -3.55. The van der Waals surface area contributed by atoms with Crippen LogP contribution in [0.4, 0.5) is 10.6 Å². The molecule has 0 bridgehead atoms. The van der Waals surface area contributed by atoms with Crippen molar-refractivity contribution in [3.05, 3.63) is 23.2 Å². The standard InChI is InChI=1S/C37H53ClN6O7/c1-20(2)40-30-18-29(24-7-8-28(31(38)32(24)41-30)49-14-11-43-9-12-48-13-10-43)50-23-17-27(34(39)45)44(19-23)35(46)33(37(4,5)6)42-36(47)51-22-15-25-21(3)26(25)16-22/h7-8,18,20-23,25-27,33H,9-17,19H2,1-6H3,(H2,39,45)(H,40,41)(H,42,47)/t21-,22+,23?,25+,26-,27-,33+/m0/s1. The average Bonchev–Trinajstić information content (AvgIpc) is 3.38. The van der Waals surface area contributed by atoms with Gasteiger partial charge in [-0.1, -0.05) is 39.3 Å². The molecule has 7 atom stereocenters. The van der Waals surface area contributed by atoms with Gasteiger partial charge in [-0.25, -0.2) is 9.78 Å². The van der Waals surface area contributed by atoms with Crippen LogP contribution in [-0.2, 0) is 19.1 Å². The van der Waals surface area contributed by atoms with Crippen LogP contribution in [0.2, 0.25) is 5.02 Å². The van der Waals surface area contributed by atoms with Crippen LogP contribution < -0.4 is 25.8 Å². The highest BCUT2D eigenvalue weighted by Crippen LogP contribution is 2.57. The van der Waals surface area contributed by atoms with Gasteiger partial charge in [-0.15, -0.1) is 0 Å². The van der Waals surface area contributed by atoms with E-state index in [0.29, 0.717) is 70.8 Å². The number of rotatable bonds is 12. The molecular weight excluding hydrogens is 676 g/mol. The van der Waals surface area contributed by atoms with Crippen molar-refractivity contribution in [2.45, 2.75) is 91.1 Å². The Morgan fingerprint density at radius 3 is 2.43 bits per heavy atom. The topological polar surface area (TPSA) is 158 Å². The number of carbonyl (C=O) groups is 3. The lowest BCUT2D eigenvalue weighted by Gasteiger charge is -2.35. The molecule has 14 heteroatoms. The number of nitrogens with zero attached hydrogens (tertiary/aromatic N) is 3. The third-order valence-corrected chi connectivity index (χ3v) is 11.1. The number of nitrogens with one attached hydrogen (secondary N) is 2. The number of morpholine rings is 1. The smallest absolute Gasteiger partial charge is 0.408 e. The number of halogens is 1. The van der Waals surface area contributed by atoms with Crippen LogP contribution in [0.1, 0.15) is 60.8 Å². The van der Waals surface area contributed by atoms with Crippen LogP contribution >= 0.6 is 11.6 Å². The van der Waals surface area contributed by atoms with Crippen LogP contribution in [0, 0.1) is 23.2 Å². The Labute approximate surface area is 305 Å². The Balaban J connectivity index is 1.18. The fourth-order valence-corrected chi connectivity index (χ4v) is 8.07. The maximum absolute atomic E-state index is 14.2. The number of ether oxygens (including phenoxy) is 4. The molecule has 4 fully saturated rings. The van der Waals surface area contributed by atoms with E-state index in [-0.39, 0.29) is 25.1 Å². The number of carbonyl (C=O) groups excluding carboxylic acids is 3. The normalized spacial score (nSPS) is 26.9. The highest BCUT2D eigenvalue weighted by molar-refractivity contribution is 6.36. The quantitative estimate of drug-likeness (QED) is 0.286. The molecule has 1 aromatic heterocycles. The molecule has 1 aromatic carbocycles. The molecule has 4 N–H and O–H groups in total. The summed E-state index contributed by atoms with van der Waals surface area (Å²) in [5, 5.41) is 7.17. The SMILES string of the molecule is CC(C)Nc1cc(OC2C[C@@H](C(N)=O)N(C(=O)[C@@H](NC(=O)O[C@@H]3C[C@@H]4[C@H](C)[C@@H]4C3)C(C)(C)C)C2)c2ccc(OCCN3CCOCC3)c(Cl)c2n1. The van der Waals surface area contributed by atoms with Gasteiger partial charge in [0.25, 0.3) is 0 Å². The molecule has 13 nitrogen and oxygen atoms in total. The molecule has 1 unspecified atom stereocenters. The molecule has 2 aromatic rings. The van der Waals surface area contributed by atoms with E-state index in [1.807, 2.05) is 40.7 Å². The number of anilines is 1. The number of nitrogens with two attached hydrogens (primary N) is 1. The number of alkyl carbamates (subject to hydrolysis) is 1. The number of hydrogen-bond donors (Lipinski definition) is 3. The minimum Gasteiger partial charge on any atom is -0.491 e. The highest BCUT2D eigenvalue weighted by Gasteiger charge is 2.54. The summed E-state index contributed by atoms with van der Waals surface area (Å²) in [6.07, 6.45) is 0.542. The largest absolute Gasteiger partial charge is 0.491 e. The molecule has 2 saturated heterocycles. The van der Waals surface area contributed by atoms with E-state index in [9.17, 15) is 14.4 Å². The summed E-state index contributed by atoms with van der Waals surface area (Å²) in [5.74, 6) is 2.43. The number of fused-ring (bicyclic) bond motifs is 2. The molecule has 2 saturated carbocycles. The van der Waals surface area contributed by atoms with Gasteiger partial charge in [0.2, 0.25) is 11.8 Å². The predicted octanol–water partition coefficient (Wildman–Crippen LogP) is 4.44. The van der Waals surface area contributed by atoms with Gasteiger partial charge in [-0.2, -0.15) is 0 Å². The molecule has 6 rings (SSSR count). The van der Waals surface area contributed by atoms with E-state index in [1.165, 1.54) is 4.90 Å². The van der Waals surface area contributed by atoms with Gasteiger partial charge in [-0.05, 0) is 62.0 Å². The molecule has 0 spiro atoms. The minimum atomic E-state index is -0.954. The first-order valence-electron chi connectivity index (χ1n) is 18.3. The first-order chi connectivity index (χ1) is 24.2.